The molecule has 2 rings (SSSR count). The van der Waals surface area contributed by atoms with E-state index in [0.29, 0.717) is 0 Å². The molecule has 2 N–H and O–H groups in total. The molecule has 2 aromatic rings. The fraction of sp³-hybridized carbons (Fsp3) is 0.333. The smallest absolute Gasteiger partial charge is 0.0441 e. The molecule has 0 aromatic heterocycles. The lowest BCUT2D eigenvalue weighted by Gasteiger charge is -2.25. The predicted octanol–water partition coefficient (Wildman–Crippen LogP) is 3.96. The Kier molecular flexibility index (Phi) is 4.46. The Morgan fingerprint density at radius 3 is 2.40 bits per heavy atom. The summed E-state index contributed by atoms with van der Waals surface area (Å²) in [6.45, 7) is 6.33. The van der Waals surface area contributed by atoms with Crippen LogP contribution in [0.5, 0.6) is 0 Å². The number of nitrogens with two attached hydrogens (primary N) is 1. The van der Waals surface area contributed by atoms with Crippen molar-refractivity contribution in [1.82, 2.24) is 0 Å². The van der Waals surface area contributed by atoms with E-state index < -0.39 is 0 Å². The van der Waals surface area contributed by atoms with E-state index in [9.17, 15) is 0 Å². The topological polar surface area (TPSA) is 29.3 Å². The molecule has 0 aliphatic heterocycles. The van der Waals surface area contributed by atoms with Crippen LogP contribution in [0.25, 0.3) is 0 Å². The van der Waals surface area contributed by atoms with Crippen molar-refractivity contribution in [2.45, 2.75) is 33.2 Å². The normalized spacial score (nSPS) is 12.2. The summed E-state index contributed by atoms with van der Waals surface area (Å²) >= 11 is 0. The van der Waals surface area contributed by atoms with Crippen molar-refractivity contribution in [3.05, 3.63) is 59.2 Å². The van der Waals surface area contributed by atoms with Crippen molar-refractivity contribution in [3.8, 4) is 0 Å². The number of hydrogen-bond acceptors (Lipinski definition) is 2. The molecular weight excluding hydrogens is 244 g/mol. The van der Waals surface area contributed by atoms with E-state index in [1.807, 2.05) is 0 Å². The fourth-order valence-electron chi connectivity index (χ4n) is 2.62. The minimum Gasteiger partial charge on any atom is -0.344 e. The summed E-state index contributed by atoms with van der Waals surface area (Å²) in [4.78, 5) is 2.26. The van der Waals surface area contributed by atoms with Crippen LogP contribution in [0.4, 0.5) is 11.4 Å². The molecule has 1 unspecified atom stereocenters. The van der Waals surface area contributed by atoms with Gasteiger partial charge in [-0.3, -0.25) is 0 Å². The van der Waals surface area contributed by atoms with Crippen molar-refractivity contribution in [3.63, 3.8) is 0 Å². The third-order valence-corrected chi connectivity index (χ3v) is 3.62. The largest absolute Gasteiger partial charge is 0.344 e. The molecule has 0 bridgehead atoms. The van der Waals surface area contributed by atoms with Crippen LogP contribution < -0.4 is 10.6 Å². The molecule has 0 heterocycles. The van der Waals surface area contributed by atoms with Crippen LogP contribution in [0.1, 0.15) is 23.6 Å². The summed E-state index contributed by atoms with van der Waals surface area (Å²) in [5.74, 6) is 0. The summed E-state index contributed by atoms with van der Waals surface area (Å²) in [7, 11) is 2.12. The molecule has 0 aliphatic rings. The van der Waals surface area contributed by atoms with Crippen LogP contribution in [0.15, 0.2) is 42.5 Å². The van der Waals surface area contributed by atoms with Crippen molar-refractivity contribution in [2.75, 3.05) is 11.9 Å². The first-order valence-corrected chi connectivity index (χ1v) is 7.13. The zero-order valence-corrected chi connectivity index (χ0v) is 12.9. The molecule has 0 saturated heterocycles. The van der Waals surface area contributed by atoms with E-state index in [-0.39, 0.29) is 6.04 Å². The Labute approximate surface area is 122 Å². The number of hydrogen-bond donors (Lipinski definition) is 1. The van der Waals surface area contributed by atoms with Crippen LogP contribution in [0, 0.1) is 13.8 Å². The summed E-state index contributed by atoms with van der Waals surface area (Å²) in [5.41, 5.74) is 12.3. The predicted molar refractivity (Wildman–Crippen MR) is 87.8 cm³/mol. The summed E-state index contributed by atoms with van der Waals surface area (Å²) in [5, 5.41) is 0. The Morgan fingerprint density at radius 1 is 1.05 bits per heavy atom. The molecular formula is C18H24N2. The second kappa shape index (κ2) is 6.10. The molecule has 0 fully saturated rings. The fourth-order valence-corrected chi connectivity index (χ4v) is 2.62. The van der Waals surface area contributed by atoms with Gasteiger partial charge in [0.25, 0.3) is 0 Å². The average Bonchev–Trinajstić information content (AvgIpc) is 2.38. The van der Waals surface area contributed by atoms with Gasteiger partial charge < -0.3 is 10.6 Å². The number of anilines is 2. The molecule has 106 valence electrons. The summed E-state index contributed by atoms with van der Waals surface area (Å²) < 4.78 is 0. The van der Waals surface area contributed by atoms with E-state index in [1.165, 1.54) is 28.1 Å². The molecule has 2 heteroatoms. The van der Waals surface area contributed by atoms with Gasteiger partial charge >= 0.3 is 0 Å². The van der Waals surface area contributed by atoms with E-state index in [4.69, 9.17) is 5.73 Å². The first-order valence-electron chi connectivity index (χ1n) is 7.13. The van der Waals surface area contributed by atoms with Crippen molar-refractivity contribution in [1.29, 1.82) is 0 Å². The first kappa shape index (κ1) is 14.6. The van der Waals surface area contributed by atoms with Gasteiger partial charge in [0.2, 0.25) is 0 Å². The second-order valence-electron chi connectivity index (χ2n) is 5.66. The monoisotopic (exact) mass is 268 g/mol. The maximum atomic E-state index is 5.99. The average molecular weight is 268 g/mol. The highest BCUT2D eigenvalue weighted by molar-refractivity contribution is 5.68. The summed E-state index contributed by atoms with van der Waals surface area (Å²) in [6.07, 6.45) is 0.896. The SMILES string of the molecule is Cc1ccc(N(C)c2ccccc2C)c(CC(C)N)c1. The van der Waals surface area contributed by atoms with Crippen LogP contribution in [-0.4, -0.2) is 13.1 Å². The number of para-hydroxylation sites is 1. The molecule has 0 spiro atoms. The lowest BCUT2D eigenvalue weighted by atomic mass is 10.0. The van der Waals surface area contributed by atoms with Crippen LogP contribution in [0.3, 0.4) is 0 Å². The Morgan fingerprint density at radius 2 is 1.75 bits per heavy atom. The highest BCUT2D eigenvalue weighted by Gasteiger charge is 2.12. The molecule has 0 radical (unpaired) electrons. The van der Waals surface area contributed by atoms with Gasteiger partial charge in [0.15, 0.2) is 0 Å². The standard InChI is InChI=1S/C18H24N2/c1-13-9-10-18(16(11-13)12-15(3)19)20(4)17-8-6-5-7-14(17)2/h5-11,15H,12,19H2,1-4H3. The minimum atomic E-state index is 0.167. The van der Waals surface area contributed by atoms with Gasteiger partial charge in [0.05, 0.1) is 0 Å². The van der Waals surface area contributed by atoms with Crippen LogP contribution >= 0.6 is 0 Å². The van der Waals surface area contributed by atoms with Crippen LogP contribution in [0.2, 0.25) is 0 Å². The van der Waals surface area contributed by atoms with Crippen LogP contribution in [-0.2, 0) is 6.42 Å². The molecule has 1 atom stereocenters. The molecule has 0 saturated carbocycles. The van der Waals surface area contributed by atoms with E-state index >= 15 is 0 Å². The molecule has 20 heavy (non-hydrogen) atoms. The minimum absolute atomic E-state index is 0.167. The number of benzene rings is 2. The molecule has 2 aromatic carbocycles. The molecule has 0 amide bonds. The van der Waals surface area contributed by atoms with E-state index in [0.717, 1.165) is 6.42 Å². The van der Waals surface area contributed by atoms with Gasteiger partial charge in [-0.2, -0.15) is 0 Å². The van der Waals surface area contributed by atoms with Gasteiger partial charge in [0, 0.05) is 24.5 Å². The lowest BCUT2D eigenvalue weighted by Crippen LogP contribution is -2.20. The van der Waals surface area contributed by atoms with E-state index in [1.54, 1.807) is 0 Å². The zero-order chi connectivity index (χ0) is 14.7. The number of nitrogens with zero attached hydrogens (tertiary/aromatic N) is 1. The molecule has 2 nitrogen and oxygen atoms in total. The van der Waals surface area contributed by atoms with Gasteiger partial charge in [-0.1, -0.05) is 35.9 Å². The third kappa shape index (κ3) is 3.20. The highest BCUT2D eigenvalue weighted by Crippen LogP contribution is 2.30. The summed E-state index contributed by atoms with van der Waals surface area (Å²) in [6, 6.07) is 15.2. The van der Waals surface area contributed by atoms with Crippen molar-refractivity contribution >= 4 is 11.4 Å². The van der Waals surface area contributed by atoms with Crippen molar-refractivity contribution < 1.29 is 0 Å². The van der Waals surface area contributed by atoms with Gasteiger partial charge in [-0.05, 0) is 50.5 Å². The van der Waals surface area contributed by atoms with Gasteiger partial charge in [0.1, 0.15) is 0 Å². The Bertz CT molecular complexity index is 588. The Hall–Kier alpha value is -1.80. The van der Waals surface area contributed by atoms with Crippen molar-refractivity contribution in [2.24, 2.45) is 5.73 Å². The zero-order valence-electron chi connectivity index (χ0n) is 12.9. The van der Waals surface area contributed by atoms with Gasteiger partial charge in [-0.15, -0.1) is 0 Å². The maximum absolute atomic E-state index is 5.99. The number of rotatable bonds is 4. The molecule has 0 aliphatic carbocycles. The lowest BCUT2D eigenvalue weighted by molar-refractivity contribution is 0.737. The second-order valence-corrected chi connectivity index (χ2v) is 5.66. The quantitative estimate of drug-likeness (QED) is 0.909. The third-order valence-electron chi connectivity index (χ3n) is 3.62. The highest BCUT2D eigenvalue weighted by atomic mass is 15.1. The maximum Gasteiger partial charge on any atom is 0.0441 e. The first-order chi connectivity index (χ1) is 9.49. The van der Waals surface area contributed by atoms with Gasteiger partial charge in [-0.25, -0.2) is 0 Å². The van der Waals surface area contributed by atoms with E-state index in [2.05, 4.69) is 75.2 Å². The number of aryl methyl sites for hydroxylation is 2. The Balaban J connectivity index is 2.44.